The number of hydrogen-bond donors (Lipinski definition) is 1. The quantitative estimate of drug-likeness (QED) is 0.640. The van der Waals surface area contributed by atoms with E-state index < -0.39 is 42.1 Å². The minimum absolute atomic E-state index is 0.148. The molecule has 1 aromatic heterocycles. The molecule has 0 unspecified atom stereocenters. The number of nitrogens with zero attached hydrogens (tertiary/aromatic N) is 1. The van der Waals surface area contributed by atoms with Gasteiger partial charge in [0, 0.05) is 5.33 Å². The van der Waals surface area contributed by atoms with Gasteiger partial charge < -0.3 is 9.84 Å². The Morgan fingerprint density at radius 3 is 2.24 bits per heavy atom. The highest BCUT2D eigenvalue weighted by atomic mass is 79.9. The van der Waals surface area contributed by atoms with Gasteiger partial charge in [0.2, 0.25) is 0 Å². The summed E-state index contributed by atoms with van der Waals surface area (Å²) in [6.07, 6.45) is -11.4. The van der Waals surface area contributed by atoms with E-state index in [0.29, 0.717) is 6.07 Å². The van der Waals surface area contributed by atoms with Crippen LogP contribution in [-0.4, -0.2) is 22.4 Å². The van der Waals surface area contributed by atoms with E-state index in [2.05, 4.69) is 25.7 Å². The van der Waals surface area contributed by atoms with Gasteiger partial charge in [-0.2, -0.15) is 13.2 Å². The molecule has 0 spiro atoms. The largest absolute Gasteiger partial charge is 0.573 e. The summed E-state index contributed by atoms with van der Waals surface area (Å²) < 4.78 is 77.8. The minimum atomic E-state index is -5.33. The number of carbonyl (C=O) groups is 1. The molecule has 0 aliphatic carbocycles. The Bertz CT molecular complexity index is 543. The molecule has 0 aliphatic rings. The number of carboxylic acids is 1. The van der Waals surface area contributed by atoms with E-state index in [0.717, 1.165) is 0 Å². The number of carboxylic acid groups (broad SMARTS) is 1. The molecule has 21 heavy (non-hydrogen) atoms. The SMILES string of the molecule is O=C(O)Cc1nc(C(F)(F)F)c(OC(F)(F)F)cc1CBr. The molecule has 1 heterocycles. The number of aromatic nitrogens is 1. The lowest BCUT2D eigenvalue weighted by molar-refractivity contribution is -0.276. The van der Waals surface area contributed by atoms with Crippen molar-refractivity contribution in [1.29, 1.82) is 0 Å². The molecule has 1 rings (SSSR count). The average molecular weight is 382 g/mol. The first-order chi connectivity index (χ1) is 9.44. The maximum absolute atomic E-state index is 12.7. The van der Waals surface area contributed by atoms with Gasteiger partial charge in [0.1, 0.15) is 0 Å². The lowest BCUT2D eigenvalue weighted by Gasteiger charge is -2.17. The number of aliphatic carboxylic acids is 1. The number of rotatable bonds is 4. The van der Waals surface area contributed by atoms with Crippen molar-refractivity contribution in [3.63, 3.8) is 0 Å². The van der Waals surface area contributed by atoms with Crippen LogP contribution in [0.3, 0.4) is 0 Å². The molecule has 0 saturated carbocycles. The highest BCUT2D eigenvalue weighted by molar-refractivity contribution is 9.08. The molecule has 0 atom stereocenters. The number of hydrogen-bond acceptors (Lipinski definition) is 3. The zero-order valence-electron chi connectivity index (χ0n) is 9.85. The maximum atomic E-state index is 12.7. The van der Waals surface area contributed by atoms with Crippen molar-refractivity contribution in [1.82, 2.24) is 4.98 Å². The van der Waals surface area contributed by atoms with Gasteiger partial charge in [0.05, 0.1) is 12.1 Å². The van der Waals surface area contributed by atoms with Crippen LogP contribution in [0.15, 0.2) is 6.07 Å². The zero-order valence-corrected chi connectivity index (χ0v) is 11.4. The molecule has 0 radical (unpaired) electrons. The fourth-order valence-electron chi connectivity index (χ4n) is 1.39. The van der Waals surface area contributed by atoms with Gasteiger partial charge in [-0.05, 0) is 11.6 Å². The Balaban J connectivity index is 3.45. The van der Waals surface area contributed by atoms with Crippen molar-refractivity contribution in [3.8, 4) is 5.75 Å². The predicted molar refractivity (Wildman–Crippen MR) is 59.9 cm³/mol. The van der Waals surface area contributed by atoms with Crippen LogP contribution in [0.1, 0.15) is 17.0 Å². The summed E-state index contributed by atoms with van der Waals surface area (Å²) >= 11 is 2.84. The third kappa shape index (κ3) is 5.06. The molecular weight excluding hydrogens is 376 g/mol. The van der Waals surface area contributed by atoms with Crippen molar-refractivity contribution in [3.05, 3.63) is 23.0 Å². The lowest BCUT2D eigenvalue weighted by atomic mass is 10.1. The van der Waals surface area contributed by atoms with E-state index in [-0.39, 0.29) is 10.9 Å². The predicted octanol–water partition coefficient (Wildman–Crippen LogP) is 3.52. The van der Waals surface area contributed by atoms with Gasteiger partial charge in [-0.15, -0.1) is 13.2 Å². The number of halogens is 7. The monoisotopic (exact) mass is 381 g/mol. The van der Waals surface area contributed by atoms with Crippen LogP contribution in [0.2, 0.25) is 0 Å². The van der Waals surface area contributed by atoms with E-state index in [4.69, 9.17) is 5.11 Å². The highest BCUT2D eigenvalue weighted by Gasteiger charge is 2.41. The smallest absolute Gasteiger partial charge is 0.481 e. The summed E-state index contributed by atoms with van der Waals surface area (Å²) in [6.45, 7) is 0. The van der Waals surface area contributed by atoms with Gasteiger partial charge in [0.25, 0.3) is 0 Å². The second-order valence-corrected chi connectivity index (χ2v) is 4.25. The van der Waals surface area contributed by atoms with Crippen molar-refractivity contribution >= 4 is 21.9 Å². The van der Waals surface area contributed by atoms with Crippen LogP contribution in [0.4, 0.5) is 26.3 Å². The topological polar surface area (TPSA) is 59.4 Å². The summed E-state index contributed by atoms with van der Waals surface area (Å²) in [5.41, 5.74) is -2.58. The number of alkyl halides is 7. The molecule has 1 N–H and O–H groups in total. The molecular formula is C10H6BrF6NO3. The second-order valence-electron chi connectivity index (χ2n) is 3.69. The van der Waals surface area contributed by atoms with Crippen LogP contribution < -0.4 is 4.74 Å². The Kier molecular flexibility index (Phi) is 5.07. The normalized spacial score (nSPS) is 12.3. The van der Waals surface area contributed by atoms with Gasteiger partial charge in [-0.25, -0.2) is 4.98 Å². The molecule has 118 valence electrons. The zero-order chi connectivity index (χ0) is 16.4. The Morgan fingerprint density at radius 2 is 1.86 bits per heavy atom. The van der Waals surface area contributed by atoms with Gasteiger partial charge in [-0.1, -0.05) is 15.9 Å². The fourth-order valence-corrected chi connectivity index (χ4v) is 1.87. The third-order valence-corrected chi connectivity index (χ3v) is 2.72. The summed E-state index contributed by atoms with van der Waals surface area (Å²) in [6, 6.07) is 0.469. The summed E-state index contributed by atoms with van der Waals surface area (Å²) in [7, 11) is 0. The average Bonchev–Trinajstić information content (AvgIpc) is 2.26. The first-order valence-electron chi connectivity index (χ1n) is 5.07. The number of pyridine rings is 1. The van der Waals surface area contributed by atoms with Crippen LogP contribution >= 0.6 is 15.9 Å². The summed E-state index contributed by atoms with van der Waals surface area (Å²) in [5, 5.41) is 8.40. The molecule has 0 amide bonds. The van der Waals surface area contributed by atoms with Crippen molar-refractivity contribution in [2.75, 3.05) is 0 Å². The lowest BCUT2D eigenvalue weighted by Crippen LogP contribution is -2.22. The molecule has 0 aromatic carbocycles. The summed E-state index contributed by atoms with van der Waals surface area (Å²) in [4.78, 5) is 13.5. The Hall–Kier alpha value is -1.52. The molecule has 0 saturated heterocycles. The van der Waals surface area contributed by atoms with Crippen LogP contribution in [0.5, 0.6) is 5.75 Å². The first kappa shape index (κ1) is 17.5. The molecule has 4 nitrogen and oxygen atoms in total. The van der Waals surface area contributed by atoms with Gasteiger partial charge in [0.15, 0.2) is 11.4 Å². The van der Waals surface area contributed by atoms with Crippen LogP contribution in [0.25, 0.3) is 0 Å². The second kappa shape index (κ2) is 6.08. The Labute approximate surface area is 121 Å². The van der Waals surface area contributed by atoms with Crippen molar-refractivity contribution in [2.24, 2.45) is 0 Å². The maximum Gasteiger partial charge on any atom is 0.573 e. The molecule has 1 aromatic rings. The highest BCUT2D eigenvalue weighted by Crippen LogP contribution is 2.38. The van der Waals surface area contributed by atoms with Crippen molar-refractivity contribution < 1.29 is 41.0 Å². The van der Waals surface area contributed by atoms with E-state index in [1.165, 1.54) is 0 Å². The fraction of sp³-hybridized carbons (Fsp3) is 0.400. The molecule has 0 aliphatic heterocycles. The van der Waals surface area contributed by atoms with E-state index in [1.54, 1.807) is 0 Å². The number of ether oxygens (including phenoxy) is 1. The molecule has 11 heteroatoms. The molecule has 0 fully saturated rings. The van der Waals surface area contributed by atoms with E-state index >= 15 is 0 Å². The molecule has 0 bridgehead atoms. The van der Waals surface area contributed by atoms with Crippen molar-refractivity contribution in [2.45, 2.75) is 24.3 Å². The van der Waals surface area contributed by atoms with E-state index in [1.807, 2.05) is 0 Å². The minimum Gasteiger partial charge on any atom is -0.481 e. The van der Waals surface area contributed by atoms with E-state index in [9.17, 15) is 31.1 Å². The van der Waals surface area contributed by atoms with Crippen LogP contribution in [0, 0.1) is 0 Å². The first-order valence-corrected chi connectivity index (χ1v) is 6.19. The Morgan fingerprint density at radius 1 is 1.29 bits per heavy atom. The van der Waals surface area contributed by atoms with Crippen LogP contribution in [-0.2, 0) is 22.7 Å². The van der Waals surface area contributed by atoms with Gasteiger partial charge >= 0.3 is 18.5 Å². The third-order valence-electron chi connectivity index (χ3n) is 2.11. The standard InChI is InChI=1S/C10H6BrF6NO3/c11-3-4-1-6(21-10(15,16)17)8(9(12,13)14)18-5(4)2-7(19)20/h1H,2-3H2,(H,19,20). The van der Waals surface area contributed by atoms with Gasteiger partial charge in [-0.3, -0.25) is 4.79 Å². The summed E-state index contributed by atoms with van der Waals surface area (Å²) in [5.74, 6) is -3.00.